The standard InChI is InChI=1S/C26H24N6OS/c27-24-23-19(13-32(26(23)30-14-29-24)18-8-5-16(6-9-18)25(28)33)17-4-3-15-7-10-20(31-21(15)12-17)22-2-1-11-34-22/h1-4,7,10-14,16,18H,5-6,8-9H2,(H2,28,33)(H2,27,29,30). The van der Waals surface area contributed by atoms with E-state index in [9.17, 15) is 4.79 Å². The van der Waals surface area contributed by atoms with Crippen LogP contribution in [0.1, 0.15) is 31.7 Å². The molecule has 7 nitrogen and oxygen atoms in total. The molecule has 8 heteroatoms. The van der Waals surface area contributed by atoms with Gasteiger partial charge in [-0.05, 0) is 54.8 Å². The molecule has 1 amide bonds. The van der Waals surface area contributed by atoms with Gasteiger partial charge in [0.2, 0.25) is 5.91 Å². The lowest BCUT2D eigenvalue weighted by Crippen LogP contribution is -2.28. The van der Waals surface area contributed by atoms with Gasteiger partial charge in [-0.3, -0.25) is 4.79 Å². The zero-order valence-corrected chi connectivity index (χ0v) is 19.3. The second-order valence-electron chi connectivity index (χ2n) is 8.90. The van der Waals surface area contributed by atoms with E-state index < -0.39 is 0 Å². The molecule has 0 aliphatic heterocycles. The maximum Gasteiger partial charge on any atom is 0.220 e. The van der Waals surface area contributed by atoms with E-state index in [4.69, 9.17) is 16.5 Å². The summed E-state index contributed by atoms with van der Waals surface area (Å²) in [6.45, 7) is 0. The maximum absolute atomic E-state index is 11.6. The van der Waals surface area contributed by atoms with Crippen LogP contribution in [0.3, 0.4) is 0 Å². The molecule has 34 heavy (non-hydrogen) atoms. The van der Waals surface area contributed by atoms with Crippen LogP contribution in [0.15, 0.2) is 60.4 Å². The zero-order chi connectivity index (χ0) is 23.2. The van der Waals surface area contributed by atoms with Crippen LogP contribution in [0.5, 0.6) is 0 Å². The number of rotatable bonds is 4. The fourth-order valence-corrected chi connectivity index (χ4v) is 5.79. The van der Waals surface area contributed by atoms with Gasteiger partial charge in [-0.25, -0.2) is 15.0 Å². The minimum Gasteiger partial charge on any atom is -0.383 e. The Morgan fingerprint density at radius 2 is 1.88 bits per heavy atom. The summed E-state index contributed by atoms with van der Waals surface area (Å²) in [7, 11) is 0. The summed E-state index contributed by atoms with van der Waals surface area (Å²) in [6, 6.07) is 14.8. The van der Waals surface area contributed by atoms with E-state index in [-0.39, 0.29) is 17.9 Å². The summed E-state index contributed by atoms with van der Waals surface area (Å²) in [4.78, 5) is 26.6. The third-order valence-corrected chi connectivity index (χ3v) is 7.80. The number of pyridine rings is 1. The third kappa shape index (κ3) is 3.51. The van der Waals surface area contributed by atoms with Crippen LogP contribution < -0.4 is 11.5 Å². The molecule has 0 spiro atoms. The van der Waals surface area contributed by atoms with Crippen molar-refractivity contribution < 1.29 is 4.79 Å². The normalized spacial score (nSPS) is 18.5. The molecule has 0 atom stereocenters. The molecule has 0 radical (unpaired) electrons. The van der Waals surface area contributed by atoms with Crippen molar-refractivity contribution in [2.45, 2.75) is 31.7 Å². The van der Waals surface area contributed by atoms with Crippen LogP contribution >= 0.6 is 11.3 Å². The van der Waals surface area contributed by atoms with Crippen molar-refractivity contribution in [2.24, 2.45) is 11.7 Å². The monoisotopic (exact) mass is 468 g/mol. The smallest absolute Gasteiger partial charge is 0.220 e. The molecule has 5 aromatic rings. The van der Waals surface area contributed by atoms with E-state index in [2.05, 4.69) is 62.5 Å². The highest BCUT2D eigenvalue weighted by Crippen LogP contribution is 2.40. The molecule has 0 unspecified atom stereocenters. The van der Waals surface area contributed by atoms with Gasteiger partial charge >= 0.3 is 0 Å². The van der Waals surface area contributed by atoms with E-state index in [0.29, 0.717) is 5.82 Å². The summed E-state index contributed by atoms with van der Waals surface area (Å²) in [5, 5.41) is 4.00. The molecular formula is C26H24N6OS. The predicted molar refractivity (Wildman–Crippen MR) is 136 cm³/mol. The fourth-order valence-electron chi connectivity index (χ4n) is 5.09. The van der Waals surface area contributed by atoms with E-state index in [1.165, 1.54) is 6.33 Å². The number of primary amides is 1. The van der Waals surface area contributed by atoms with Crippen molar-refractivity contribution in [3.05, 3.63) is 60.4 Å². The van der Waals surface area contributed by atoms with Crippen LogP contribution in [0, 0.1) is 5.92 Å². The molecular weight excluding hydrogens is 444 g/mol. The first-order valence-corrected chi connectivity index (χ1v) is 12.3. The van der Waals surface area contributed by atoms with Crippen molar-refractivity contribution >= 4 is 45.0 Å². The number of thiophene rings is 1. The Kier molecular flexibility index (Phi) is 5.03. The molecule has 0 bridgehead atoms. The maximum atomic E-state index is 11.6. The first-order valence-electron chi connectivity index (χ1n) is 11.4. The lowest BCUT2D eigenvalue weighted by molar-refractivity contribution is -0.122. The van der Waals surface area contributed by atoms with Crippen LogP contribution in [0.25, 0.3) is 43.6 Å². The topological polar surface area (TPSA) is 113 Å². The first kappa shape index (κ1) is 20.8. The summed E-state index contributed by atoms with van der Waals surface area (Å²) in [5.74, 6) is 0.222. The number of hydrogen-bond donors (Lipinski definition) is 2. The Hall–Kier alpha value is -3.78. The lowest BCUT2D eigenvalue weighted by atomic mass is 9.85. The van der Waals surface area contributed by atoms with Crippen LogP contribution in [0.2, 0.25) is 0 Å². The van der Waals surface area contributed by atoms with Crippen LogP contribution in [0.4, 0.5) is 5.82 Å². The highest BCUT2D eigenvalue weighted by Gasteiger charge is 2.28. The summed E-state index contributed by atoms with van der Waals surface area (Å²) >= 11 is 1.68. The van der Waals surface area contributed by atoms with Gasteiger partial charge in [0.05, 0.1) is 21.5 Å². The first-order chi connectivity index (χ1) is 16.6. The second kappa shape index (κ2) is 8.22. The van der Waals surface area contributed by atoms with E-state index >= 15 is 0 Å². The fraction of sp³-hybridized carbons (Fsp3) is 0.231. The number of nitrogens with two attached hydrogens (primary N) is 2. The number of hydrogen-bond acceptors (Lipinski definition) is 6. The number of fused-ring (bicyclic) bond motifs is 2. The van der Waals surface area contributed by atoms with Crippen LogP contribution in [-0.2, 0) is 4.79 Å². The molecule has 0 saturated heterocycles. The summed E-state index contributed by atoms with van der Waals surface area (Å²) in [6.07, 6.45) is 6.99. The van der Waals surface area contributed by atoms with Gasteiger partial charge in [0, 0.05) is 29.1 Å². The average molecular weight is 469 g/mol. The number of aromatic nitrogens is 4. The summed E-state index contributed by atoms with van der Waals surface area (Å²) < 4.78 is 2.21. The number of nitrogens with zero attached hydrogens (tertiary/aromatic N) is 4. The molecule has 1 aromatic carbocycles. The van der Waals surface area contributed by atoms with Gasteiger partial charge in [0.15, 0.2) is 0 Å². The molecule has 4 N–H and O–H groups in total. The molecule has 1 fully saturated rings. The number of nitrogen functional groups attached to an aromatic ring is 1. The predicted octanol–water partition coefficient (Wildman–Crippen LogP) is 5.17. The third-order valence-electron chi connectivity index (χ3n) is 6.91. The van der Waals surface area contributed by atoms with Crippen LogP contribution in [-0.4, -0.2) is 25.4 Å². The highest BCUT2D eigenvalue weighted by atomic mass is 32.1. The van der Waals surface area contributed by atoms with Crippen molar-refractivity contribution in [2.75, 3.05) is 5.73 Å². The molecule has 1 aliphatic rings. The molecule has 1 saturated carbocycles. The van der Waals surface area contributed by atoms with Crippen molar-refractivity contribution in [3.8, 4) is 21.7 Å². The van der Waals surface area contributed by atoms with Gasteiger partial charge in [-0.15, -0.1) is 11.3 Å². The van der Waals surface area contributed by atoms with Crippen molar-refractivity contribution in [3.63, 3.8) is 0 Å². The van der Waals surface area contributed by atoms with Gasteiger partial charge in [-0.2, -0.15) is 0 Å². The lowest BCUT2D eigenvalue weighted by Gasteiger charge is -2.28. The van der Waals surface area contributed by atoms with Gasteiger partial charge in [0.1, 0.15) is 17.8 Å². The Bertz CT molecular complexity index is 1520. The Morgan fingerprint density at radius 1 is 1.06 bits per heavy atom. The quantitative estimate of drug-likeness (QED) is 0.378. The second-order valence-corrected chi connectivity index (χ2v) is 9.84. The minimum atomic E-state index is -0.200. The Balaban J connectivity index is 1.45. The zero-order valence-electron chi connectivity index (χ0n) is 18.5. The van der Waals surface area contributed by atoms with Gasteiger partial charge < -0.3 is 16.0 Å². The van der Waals surface area contributed by atoms with Crippen molar-refractivity contribution in [1.29, 1.82) is 0 Å². The highest BCUT2D eigenvalue weighted by molar-refractivity contribution is 7.13. The van der Waals surface area contributed by atoms with Crippen molar-refractivity contribution in [1.82, 2.24) is 19.5 Å². The molecule has 4 heterocycles. The molecule has 6 rings (SSSR count). The van der Waals surface area contributed by atoms with E-state index in [0.717, 1.165) is 69.3 Å². The minimum absolute atomic E-state index is 0.0404. The number of amides is 1. The molecule has 4 aromatic heterocycles. The Labute approximate surface area is 200 Å². The number of benzene rings is 1. The number of anilines is 1. The number of carbonyl (C=O) groups is 1. The average Bonchev–Trinajstić information content (AvgIpc) is 3.53. The largest absolute Gasteiger partial charge is 0.383 e. The SMILES string of the molecule is NC(=O)C1CCC(n2cc(-c3ccc4ccc(-c5cccs5)nc4c3)c3c(N)ncnc32)CC1. The van der Waals surface area contributed by atoms with E-state index in [1.807, 2.05) is 6.07 Å². The number of carbonyl (C=O) groups excluding carboxylic acids is 1. The van der Waals surface area contributed by atoms with Gasteiger partial charge in [-0.1, -0.05) is 24.3 Å². The Morgan fingerprint density at radius 3 is 2.65 bits per heavy atom. The molecule has 170 valence electrons. The van der Waals surface area contributed by atoms with Gasteiger partial charge in [0.25, 0.3) is 0 Å². The van der Waals surface area contributed by atoms with E-state index in [1.54, 1.807) is 11.3 Å². The molecule has 1 aliphatic carbocycles. The summed E-state index contributed by atoms with van der Waals surface area (Å²) in [5.41, 5.74) is 16.6.